The lowest BCUT2D eigenvalue weighted by molar-refractivity contribution is 0.112. The topological polar surface area (TPSA) is 79.8 Å². The van der Waals surface area contributed by atoms with E-state index in [1.807, 2.05) is 0 Å². The second-order valence-corrected chi connectivity index (χ2v) is 2.01. The zero-order valence-electron chi connectivity index (χ0n) is 5.74. The van der Waals surface area contributed by atoms with Crippen molar-refractivity contribution >= 4 is 12.1 Å². The molecule has 0 radical (unpaired) electrons. The fraction of sp³-hybridized carbons (Fsp3) is 0. The number of nitrogen functional groups attached to an aromatic ring is 1. The number of nitrogens with one attached hydrogen (secondary N) is 1. The zero-order chi connectivity index (χ0) is 8.27. The minimum absolute atomic E-state index is 0.131. The highest BCUT2D eigenvalue weighted by Gasteiger charge is 1.97. The third-order valence-corrected chi connectivity index (χ3v) is 1.20. The number of aldehydes is 1. The standard InChI is InChI=1S/C7H7N3O/c8-7(9)6-3-5(4-11)1-2-10-6/h1-4H,(H3,8,9). The third kappa shape index (κ3) is 1.61. The molecule has 1 rings (SSSR count). The Morgan fingerprint density at radius 3 is 3.00 bits per heavy atom. The molecule has 56 valence electrons. The minimum atomic E-state index is -0.131. The number of carbonyl (C=O) groups is 1. The largest absolute Gasteiger partial charge is 0.382 e. The van der Waals surface area contributed by atoms with Gasteiger partial charge in [-0.25, -0.2) is 0 Å². The van der Waals surface area contributed by atoms with Crippen LogP contribution in [0.5, 0.6) is 0 Å². The highest BCUT2D eigenvalue weighted by Crippen LogP contribution is 1.97. The molecular weight excluding hydrogens is 142 g/mol. The first-order valence-electron chi connectivity index (χ1n) is 2.99. The molecule has 0 saturated heterocycles. The van der Waals surface area contributed by atoms with Crippen molar-refractivity contribution in [1.29, 1.82) is 5.41 Å². The summed E-state index contributed by atoms with van der Waals surface area (Å²) in [6.45, 7) is 0. The lowest BCUT2D eigenvalue weighted by atomic mass is 10.2. The van der Waals surface area contributed by atoms with Crippen LogP contribution in [0.3, 0.4) is 0 Å². The van der Waals surface area contributed by atoms with Gasteiger partial charge in [-0.2, -0.15) is 0 Å². The predicted octanol–water partition coefficient (Wildman–Crippen LogP) is 0.178. The van der Waals surface area contributed by atoms with Crippen molar-refractivity contribution in [2.24, 2.45) is 5.73 Å². The molecule has 0 bridgehead atoms. The molecule has 0 fully saturated rings. The molecule has 4 nitrogen and oxygen atoms in total. The number of pyridine rings is 1. The number of aromatic nitrogens is 1. The number of amidine groups is 1. The fourth-order valence-electron chi connectivity index (χ4n) is 0.667. The Morgan fingerprint density at radius 2 is 2.45 bits per heavy atom. The molecule has 3 N–H and O–H groups in total. The molecule has 0 unspecified atom stereocenters. The van der Waals surface area contributed by atoms with Crippen molar-refractivity contribution < 1.29 is 4.79 Å². The van der Waals surface area contributed by atoms with Crippen molar-refractivity contribution in [2.75, 3.05) is 0 Å². The van der Waals surface area contributed by atoms with E-state index in [-0.39, 0.29) is 5.84 Å². The third-order valence-electron chi connectivity index (χ3n) is 1.20. The Labute approximate surface area is 63.6 Å². The number of carbonyl (C=O) groups excluding carboxylic acids is 1. The van der Waals surface area contributed by atoms with E-state index in [0.29, 0.717) is 17.5 Å². The van der Waals surface area contributed by atoms with Crippen molar-refractivity contribution in [2.45, 2.75) is 0 Å². The maximum atomic E-state index is 10.2. The van der Waals surface area contributed by atoms with Crippen LogP contribution in [-0.2, 0) is 0 Å². The normalized spacial score (nSPS) is 9.09. The highest BCUT2D eigenvalue weighted by atomic mass is 16.1. The molecule has 11 heavy (non-hydrogen) atoms. The molecular formula is C7H7N3O. The molecule has 1 heterocycles. The maximum Gasteiger partial charge on any atom is 0.150 e. The summed E-state index contributed by atoms with van der Waals surface area (Å²) in [5.41, 5.74) is 5.95. The first-order chi connectivity index (χ1) is 5.24. The summed E-state index contributed by atoms with van der Waals surface area (Å²) in [7, 11) is 0. The molecule has 0 saturated carbocycles. The van der Waals surface area contributed by atoms with E-state index < -0.39 is 0 Å². The van der Waals surface area contributed by atoms with Crippen LogP contribution in [-0.4, -0.2) is 17.1 Å². The molecule has 0 atom stereocenters. The van der Waals surface area contributed by atoms with Crippen LogP contribution < -0.4 is 5.73 Å². The van der Waals surface area contributed by atoms with Crippen LogP contribution >= 0.6 is 0 Å². The van der Waals surface area contributed by atoms with E-state index in [1.165, 1.54) is 12.3 Å². The molecule has 0 amide bonds. The highest BCUT2D eigenvalue weighted by molar-refractivity contribution is 5.94. The molecule has 0 spiro atoms. The molecule has 4 heteroatoms. The predicted molar refractivity (Wildman–Crippen MR) is 40.6 cm³/mol. The van der Waals surface area contributed by atoms with Gasteiger partial charge in [-0.15, -0.1) is 0 Å². The molecule has 1 aromatic heterocycles. The molecule has 1 aromatic rings. The van der Waals surface area contributed by atoms with Gasteiger partial charge in [0.05, 0.1) is 0 Å². The summed E-state index contributed by atoms with van der Waals surface area (Å²) in [4.78, 5) is 14.0. The quantitative estimate of drug-likeness (QED) is 0.357. The Balaban J connectivity index is 3.10. The second-order valence-electron chi connectivity index (χ2n) is 2.01. The maximum absolute atomic E-state index is 10.2. The fourth-order valence-corrected chi connectivity index (χ4v) is 0.667. The van der Waals surface area contributed by atoms with Crippen molar-refractivity contribution in [1.82, 2.24) is 4.98 Å². The first kappa shape index (κ1) is 7.40. The SMILES string of the molecule is N=C(N)c1cc(C=O)ccn1. The van der Waals surface area contributed by atoms with Gasteiger partial charge in [-0.05, 0) is 12.1 Å². The second kappa shape index (κ2) is 2.92. The van der Waals surface area contributed by atoms with Crippen LogP contribution in [0.4, 0.5) is 0 Å². The number of nitrogens with zero attached hydrogens (tertiary/aromatic N) is 1. The van der Waals surface area contributed by atoms with Gasteiger partial charge < -0.3 is 5.73 Å². The van der Waals surface area contributed by atoms with E-state index in [2.05, 4.69) is 4.98 Å². The first-order valence-corrected chi connectivity index (χ1v) is 2.99. The Bertz CT molecular complexity index is 295. The number of hydrogen-bond acceptors (Lipinski definition) is 3. The number of rotatable bonds is 2. The zero-order valence-corrected chi connectivity index (χ0v) is 5.74. The summed E-state index contributed by atoms with van der Waals surface area (Å²) in [6.07, 6.45) is 2.13. The number of hydrogen-bond donors (Lipinski definition) is 2. The van der Waals surface area contributed by atoms with Gasteiger partial charge in [0.2, 0.25) is 0 Å². The van der Waals surface area contributed by atoms with Gasteiger partial charge >= 0.3 is 0 Å². The van der Waals surface area contributed by atoms with E-state index in [1.54, 1.807) is 6.07 Å². The van der Waals surface area contributed by atoms with E-state index in [9.17, 15) is 4.79 Å². The van der Waals surface area contributed by atoms with Gasteiger partial charge in [0, 0.05) is 11.8 Å². The van der Waals surface area contributed by atoms with E-state index in [4.69, 9.17) is 11.1 Å². The van der Waals surface area contributed by atoms with Gasteiger partial charge in [-0.1, -0.05) is 0 Å². The monoisotopic (exact) mass is 149 g/mol. The van der Waals surface area contributed by atoms with Gasteiger partial charge in [0.1, 0.15) is 17.8 Å². The Morgan fingerprint density at radius 1 is 1.73 bits per heavy atom. The molecule has 0 aliphatic heterocycles. The molecule has 0 aliphatic carbocycles. The summed E-state index contributed by atoms with van der Waals surface area (Å²) in [5, 5.41) is 7.01. The van der Waals surface area contributed by atoms with Gasteiger partial charge in [0.15, 0.2) is 0 Å². The average Bonchev–Trinajstić information content (AvgIpc) is 2.05. The van der Waals surface area contributed by atoms with Crippen LogP contribution in [0, 0.1) is 5.41 Å². The lowest BCUT2D eigenvalue weighted by Gasteiger charge is -1.95. The van der Waals surface area contributed by atoms with Crippen molar-refractivity contribution in [3.8, 4) is 0 Å². The Hall–Kier alpha value is -1.71. The van der Waals surface area contributed by atoms with Crippen LogP contribution in [0.1, 0.15) is 16.1 Å². The molecule has 0 aliphatic rings. The van der Waals surface area contributed by atoms with Gasteiger partial charge in [0.25, 0.3) is 0 Å². The van der Waals surface area contributed by atoms with Crippen molar-refractivity contribution in [3.63, 3.8) is 0 Å². The summed E-state index contributed by atoms with van der Waals surface area (Å²) < 4.78 is 0. The van der Waals surface area contributed by atoms with Crippen LogP contribution in [0.15, 0.2) is 18.3 Å². The average molecular weight is 149 g/mol. The summed E-state index contributed by atoms with van der Waals surface area (Å²) in [5.74, 6) is -0.131. The molecule has 0 aromatic carbocycles. The van der Waals surface area contributed by atoms with E-state index in [0.717, 1.165) is 0 Å². The Kier molecular flexibility index (Phi) is 1.96. The van der Waals surface area contributed by atoms with E-state index >= 15 is 0 Å². The van der Waals surface area contributed by atoms with Gasteiger partial charge in [-0.3, -0.25) is 15.2 Å². The van der Waals surface area contributed by atoms with Crippen LogP contribution in [0.2, 0.25) is 0 Å². The minimum Gasteiger partial charge on any atom is -0.382 e. The summed E-state index contributed by atoms with van der Waals surface area (Å²) >= 11 is 0. The number of nitrogens with two attached hydrogens (primary N) is 1. The van der Waals surface area contributed by atoms with Crippen molar-refractivity contribution in [3.05, 3.63) is 29.6 Å². The van der Waals surface area contributed by atoms with Crippen LogP contribution in [0.25, 0.3) is 0 Å². The smallest absolute Gasteiger partial charge is 0.150 e. The lowest BCUT2D eigenvalue weighted by Crippen LogP contribution is -2.13. The summed E-state index contributed by atoms with van der Waals surface area (Å²) in [6, 6.07) is 3.02.